The van der Waals surface area contributed by atoms with Gasteiger partial charge in [-0.2, -0.15) is 0 Å². The van der Waals surface area contributed by atoms with Crippen molar-refractivity contribution in [3.05, 3.63) is 30.1 Å². The molecule has 1 heterocycles. The fourth-order valence-corrected chi connectivity index (χ4v) is 2.42. The minimum absolute atomic E-state index is 0.190. The largest absolute Gasteiger partial charge is 0.492 e. The van der Waals surface area contributed by atoms with Gasteiger partial charge in [-0.05, 0) is 31.5 Å². The van der Waals surface area contributed by atoms with Gasteiger partial charge in [-0.25, -0.2) is 4.39 Å². The van der Waals surface area contributed by atoms with E-state index in [1.54, 1.807) is 12.1 Å². The summed E-state index contributed by atoms with van der Waals surface area (Å²) in [5.41, 5.74) is 5.39. The van der Waals surface area contributed by atoms with Crippen molar-refractivity contribution in [3.63, 3.8) is 0 Å². The van der Waals surface area contributed by atoms with E-state index in [-0.39, 0.29) is 17.8 Å². The van der Waals surface area contributed by atoms with Crippen LogP contribution in [0.25, 0.3) is 0 Å². The molecule has 0 aromatic heterocycles. The molecule has 1 aliphatic rings. The normalized spacial score (nSPS) is 20.2. The van der Waals surface area contributed by atoms with E-state index in [0.717, 1.165) is 25.8 Å². The number of primary amides is 1. The summed E-state index contributed by atoms with van der Waals surface area (Å²) in [6, 6.07) is 5.86. The molecule has 1 fully saturated rings. The second-order valence-corrected chi connectivity index (χ2v) is 4.76. The molecule has 2 N–H and O–H groups in total. The standard InChI is InChI=1S/C14H19FN2O2/c15-11-4-3-5-12(10-11)19-9-8-17-7-2-1-6-13(17)14(16)18/h3-5,10,13H,1-2,6-9H2,(H2,16,18)/t13-/m0/s1. The summed E-state index contributed by atoms with van der Waals surface area (Å²) in [7, 11) is 0. The molecule has 104 valence electrons. The fourth-order valence-electron chi connectivity index (χ4n) is 2.42. The van der Waals surface area contributed by atoms with Crippen LogP contribution in [-0.2, 0) is 4.79 Å². The highest BCUT2D eigenvalue weighted by Crippen LogP contribution is 2.17. The zero-order chi connectivity index (χ0) is 13.7. The molecule has 1 aliphatic heterocycles. The van der Waals surface area contributed by atoms with E-state index in [2.05, 4.69) is 0 Å². The van der Waals surface area contributed by atoms with Crippen molar-refractivity contribution in [2.45, 2.75) is 25.3 Å². The number of ether oxygens (including phenoxy) is 1. The van der Waals surface area contributed by atoms with Crippen LogP contribution in [0.3, 0.4) is 0 Å². The Bertz CT molecular complexity index is 439. The lowest BCUT2D eigenvalue weighted by Gasteiger charge is -2.33. The fraction of sp³-hybridized carbons (Fsp3) is 0.500. The average Bonchev–Trinajstić information content (AvgIpc) is 2.39. The van der Waals surface area contributed by atoms with E-state index >= 15 is 0 Å². The Morgan fingerprint density at radius 3 is 3.05 bits per heavy atom. The Kier molecular flexibility index (Phi) is 4.74. The molecular weight excluding hydrogens is 247 g/mol. The van der Waals surface area contributed by atoms with Crippen molar-refractivity contribution >= 4 is 5.91 Å². The van der Waals surface area contributed by atoms with Gasteiger partial charge < -0.3 is 10.5 Å². The SMILES string of the molecule is NC(=O)[C@@H]1CCCCN1CCOc1cccc(F)c1. The van der Waals surface area contributed by atoms with Crippen LogP contribution in [0.4, 0.5) is 4.39 Å². The smallest absolute Gasteiger partial charge is 0.234 e. The second-order valence-electron chi connectivity index (χ2n) is 4.76. The third kappa shape index (κ3) is 3.92. The van der Waals surface area contributed by atoms with Gasteiger partial charge in [0.15, 0.2) is 0 Å². The summed E-state index contributed by atoms with van der Waals surface area (Å²) in [5.74, 6) is -0.0800. The molecule has 19 heavy (non-hydrogen) atoms. The first-order valence-electron chi connectivity index (χ1n) is 6.58. The molecule has 1 aromatic carbocycles. The summed E-state index contributed by atoms with van der Waals surface area (Å²) >= 11 is 0. The van der Waals surface area contributed by atoms with E-state index in [4.69, 9.17) is 10.5 Å². The lowest BCUT2D eigenvalue weighted by Crippen LogP contribution is -2.48. The van der Waals surface area contributed by atoms with E-state index in [9.17, 15) is 9.18 Å². The Balaban J connectivity index is 1.82. The number of piperidine rings is 1. The summed E-state index contributed by atoms with van der Waals surface area (Å²) in [4.78, 5) is 13.4. The zero-order valence-electron chi connectivity index (χ0n) is 10.8. The number of amides is 1. The maximum Gasteiger partial charge on any atom is 0.234 e. The molecule has 1 saturated heterocycles. The van der Waals surface area contributed by atoms with Crippen molar-refractivity contribution in [2.24, 2.45) is 5.73 Å². The number of nitrogens with two attached hydrogens (primary N) is 1. The number of halogens is 1. The summed E-state index contributed by atoms with van der Waals surface area (Å²) in [6.45, 7) is 1.91. The first-order valence-corrected chi connectivity index (χ1v) is 6.58. The summed E-state index contributed by atoms with van der Waals surface area (Å²) in [6.07, 6.45) is 2.92. The van der Waals surface area contributed by atoms with Crippen molar-refractivity contribution in [1.29, 1.82) is 0 Å². The Labute approximate surface area is 112 Å². The van der Waals surface area contributed by atoms with Crippen LogP contribution in [0.15, 0.2) is 24.3 Å². The molecule has 0 saturated carbocycles. The first-order chi connectivity index (χ1) is 9.16. The number of benzene rings is 1. The lowest BCUT2D eigenvalue weighted by molar-refractivity contribution is -0.124. The molecule has 5 heteroatoms. The number of hydrogen-bond acceptors (Lipinski definition) is 3. The Hall–Kier alpha value is -1.62. The van der Waals surface area contributed by atoms with E-state index < -0.39 is 0 Å². The summed E-state index contributed by atoms with van der Waals surface area (Å²) in [5, 5.41) is 0. The minimum atomic E-state index is -0.314. The van der Waals surface area contributed by atoms with E-state index in [0.29, 0.717) is 18.9 Å². The Morgan fingerprint density at radius 1 is 1.47 bits per heavy atom. The van der Waals surface area contributed by atoms with Gasteiger partial charge >= 0.3 is 0 Å². The maximum atomic E-state index is 13.0. The summed E-state index contributed by atoms with van der Waals surface area (Å²) < 4.78 is 18.4. The topological polar surface area (TPSA) is 55.6 Å². The van der Waals surface area contributed by atoms with Crippen LogP contribution in [0.2, 0.25) is 0 Å². The second kappa shape index (κ2) is 6.52. The van der Waals surface area contributed by atoms with Gasteiger partial charge in [0.2, 0.25) is 5.91 Å². The number of rotatable bonds is 5. The van der Waals surface area contributed by atoms with Crippen LogP contribution < -0.4 is 10.5 Å². The molecule has 0 radical (unpaired) electrons. The molecular formula is C14H19FN2O2. The molecule has 0 bridgehead atoms. The lowest BCUT2D eigenvalue weighted by atomic mass is 10.0. The van der Waals surface area contributed by atoms with E-state index in [1.807, 2.05) is 4.90 Å². The van der Waals surface area contributed by atoms with Crippen molar-refractivity contribution < 1.29 is 13.9 Å². The highest BCUT2D eigenvalue weighted by molar-refractivity contribution is 5.79. The maximum absolute atomic E-state index is 13.0. The first kappa shape index (κ1) is 13.8. The van der Waals surface area contributed by atoms with Crippen LogP contribution in [0.1, 0.15) is 19.3 Å². The molecule has 1 aromatic rings. The van der Waals surface area contributed by atoms with Gasteiger partial charge in [0.05, 0.1) is 6.04 Å². The molecule has 0 unspecified atom stereocenters. The highest BCUT2D eigenvalue weighted by Gasteiger charge is 2.26. The van der Waals surface area contributed by atoms with Crippen LogP contribution in [-0.4, -0.2) is 36.5 Å². The predicted octanol–water partition coefficient (Wildman–Crippen LogP) is 1.54. The zero-order valence-corrected chi connectivity index (χ0v) is 10.8. The molecule has 0 aliphatic carbocycles. The number of carbonyl (C=O) groups is 1. The molecule has 2 rings (SSSR count). The van der Waals surface area contributed by atoms with Crippen molar-refractivity contribution in [3.8, 4) is 5.75 Å². The van der Waals surface area contributed by atoms with E-state index in [1.165, 1.54) is 12.1 Å². The molecule has 4 nitrogen and oxygen atoms in total. The number of likely N-dealkylation sites (tertiary alicyclic amines) is 1. The Morgan fingerprint density at radius 2 is 2.32 bits per heavy atom. The van der Waals surface area contributed by atoms with Gasteiger partial charge in [0.25, 0.3) is 0 Å². The molecule has 1 amide bonds. The minimum Gasteiger partial charge on any atom is -0.492 e. The van der Waals surface area contributed by atoms with Gasteiger partial charge in [-0.15, -0.1) is 0 Å². The monoisotopic (exact) mass is 266 g/mol. The molecule has 0 spiro atoms. The third-order valence-corrected chi connectivity index (χ3v) is 3.39. The van der Waals surface area contributed by atoms with Gasteiger partial charge in [0, 0.05) is 12.6 Å². The van der Waals surface area contributed by atoms with Crippen LogP contribution in [0.5, 0.6) is 5.75 Å². The van der Waals surface area contributed by atoms with Crippen LogP contribution in [0, 0.1) is 5.82 Å². The third-order valence-electron chi connectivity index (χ3n) is 3.39. The quantitative estimate of drug-likeness (QED) is 0.879. The van der Waals surface area contributed by atoms with Gasteiger partial charge in [-0.1, -0.05) is 12.5 Å². The van der Waals surface area contributed by atoms with Gasteiger partial charge in [-0.3, -0.25) is 9.69 Å². The predicted molar refractivity (Wildman–Crippen MR) is 70.3 cm³/mol. The van der Waals surface area contributed by atoms with Gasteiger partial charge in [0.1, 0.15) is 18.2 Å². The molecule has 1 atom stereocenters. The number of carbonyl (C=O) groups excluding carboxylic acids is 1. The van der Waals surface area contributed by atoms with Crippen molar-refractivity contribution in [1.82, 2.24) is 4.90 Å². The highest BCUT2D eigenvalue weighted by atomic mass is 19.1. The van der Waals surface area contributed by atoms with Crippen molar-refractivity contribution in [2.75, 3.05) is 19.7 Å². The average molecular weight is 266 g/mol. The van der Waals surface area contributed by atoms with Crippen LogP contribution >= 0.6 is 0 Å². The number of hydrogen-bond donors (Lipinski definition) is 1. The number of nitrogens with zero attached hydrogens (tertiary/aromatic N) is 1.